The van der Waals surface area contributed by atoms with Crippen molar-refractivity contribution in [3.63, 3.8) is 0 Å². The Morgan fingerprint density at radius 3 is 2.33 bits per heavy atom. The molecule has 0 aliphatic heterocycles. The van der Waals surface area contributed by atoms with Crippen LogP contribution in [0.3, 0.4) is 0 Å². The monoisotopic (exact) mass is 387 g/mol. The molecule has 146 valence electrons. The zero-order chi connectivity index (χ0) is 19.4. The Morgan fingerprint density at radius 2 is 1.74 bits per heavy atom. The summed E-state index contributed by atoms with van der Waals surface area (Å²) in [5.74, 6) is 1.09. The highest BCUT2D eigenvalue weighted by atomic mass is 35.5. The number of pyridine rings is 1. The molecule has 0 radical (unpaired) electrons. The highest BCUT2D eigenvalue weighted by molar-refractivity contribution is 6.31. The van der Waals surface area contributed by atoms with E-state index in [1.54, 1.807) is 7.11 Å². The van der Waals surface area contributed by atoms with Crippen LogP contribution in [0, 0.1) is 5.92 Å². The van der Waals surface area contributed by atoms with Gasteiger partial charge in [-0.1, -0.05) is 69.5 Å². The van der Waals surface area contributed by atoms with Crippen LogP contribution in [0.25, 0.3) is 0 Å². The van der Waals surface area contributed by atoms with E-state index in [1.807, 2.05) is 12.1 Å². The number of methoxy groups -OCH3 is 1. The van der Waals surface area contributed by atoms with Gasteiger partial charge in [0.25, 0.3) is 0 Å². The van der Waals surface area contributed by atoms with Crippen LogP contribution < -0.4 is 4.74 Å². The van der Waals surface area contributed by atoms with Gasteiger partial charge in [-0.25, -0.2) is 4.98 Å². The number of hydrogen-bond acceptors (Lipinski definition) is 3. The van der Waals surface area contributed by atoms with E-state index in [2.05, 4.69) is 50.0 Å². The predicted molar refractivity (Wildman–Crippen MR) is 111 cm³/mol. The van der Waals surface area contributed by atoms with Crippen molar-refractivity contribution in [1.82, 2.24) is 4.98 Å². The van der Waals surface area contributed by atoms with Crippen LogP contribution in [0.4, 0.5) is 0 Å². The van der Waals surface area contributed by atoms with E-state index < -0.39 is 0 Å². The largest absolute Gasteiger partial charge is 0.480 e. The Kier molecular flexibility index (Phi) is 6.44. The van der Waals surface area contributed by atoms with E-state index in [9.17, 15) is 0 Å². The molecule has 1 saturated carbocycles. The van der Waals surface area contributed by atoms with Crippen LogP contribution in [-0.4, -0.2) is 18.7 Å². The van der Waals surface area contributed by atoms with Crippen molar-refractivity contribution in [2.45, 2.75) is 58.0 Å². The fraction of sp³-hybridized carbons (Fsp3) is 0.522. The average Bonchev–Trinajstić information content (AvgIpc) is 3.16. The lowest BCUT2D eigenvalue weighted by atomic mass is 9.86. The summed E-state index contributed by atoms with van der Waals surface area (Å²) in [6.45, 7) is 7.43. The highest BCUT2D eigenvalue weighted by Gasteiger charge is 2.23. The molecule has 1 aromatic carbocycles. The van der Waals surface area contributed by atoms with E-state index in [4.69, 9.17) is 21.1 Å². The Hall–Kier alpha value is -1.58. The standard InChI is InChI=1S/C23H30ClNO2/c1-23(2,3)18-11-9-17(10-12-18)21(27-15-16-7-5-6-8-16)20-14-13-19(24)22(25-20)26-4/h9-14,16,21H,5-8,15H2,1-4H3. The fourth-order valence-corrected chi connectivity index (χ4v) is 3.83. The zero-order valence-electron chi connectivity index (χ0n) is 16.8. The summed E-state index contributed by atoms with van der Waals surface area (Å²) in [5.41, 5.74) is 3.37. The summed E-state index contributed by atoms with van der Waals surface area (Å²) in [7, 11) is 1.59. The second-order valence-corrected chi connectivity index (χ2v) is 8.87. The van der Waals surface area contributed by atoms with Gasteiger partial charge in [0, 0.05) is 0 Å². The topological polar surface area (TPSA) is 31.4 Å². The van der Waals surface area contributed by atoms with Gasteiger partial charge in [-0.15, -0.1) is 0 Å². The summed E-state index contributed by atoms with van der Waals surface area (Å²) in [6, 6.07) is 12.5. The molecule has 1 fully saturated rings. The van der Waals surface area contributed by atoms with Crippen molar-refractivity contribution < 1.29 is 9.47 Å². The molecule has 1 aliphatic carbocycles. The maximum Gasteiger partial charge on any atom is 0.232 e. The maximum atomic E-state index is 6.40. The van der Waals surface area contributed by atoms with Crippen molar-refractivity contribution in [3.05, 3.63) is 58.2 Å². The van der Waals surface area contributed by atoms with Gasteiger partial charge in [0.1, 0.15) is 11.1 Å². The first-order valence-electron chi connectivity index (χ1n) is 9.81. The number of ether oxygens (including phenoxy) is 2. The smallest absolute Gasteiger partial charge is 0.232 e. The van der Waals surface area contributed by atoms with Crippen molar-refractivity contribution in [2.75, 3.05) is 13.7 Å². The minimum atomic E-state index is -0.217. The molecular formula is C23H30ClNO2. The number of hydrogen-bond donors (Lipinski definition) is 0. The summed E-state index contributed by atoms with van der Waals surface area (Å²) < 4.78 is 11.7. The third-order valence-corrected chi connectivity index (χ3v) is 5.64. The lowest BCUT2D eigenvalue weighted by molar-refractivity contribution is 0.0508. The molecule has 0 saturated heterocycles. The first-order chi connectivity index (χ1) is 12.9. The molecule has 1 heterocycles. The van der Waals surface area contributed by atoms with Crippen LogP contribution >= 0.6 is 11.6 Å². The SMILES string of the molecule is COc1nc(C(OCC2CCCC2)c2ccc(C(C)(C)C)cc2)ccc1Cl. The van der Waals surface area contributed by atoms with E-state index >= 15 is 0 Å². The van der Waals surface area contributed by atoms with Crippen LogP contribution in [-0.2, 0) is 10.2 Å². The Balaban J connectivity index is 1.89. The number of aromatic nitrogens is 1. The number of nitrogens with zero attached hydrogens (tertiary/aromatic N) is 1. The number of halogens is 1. The summed E-state index contributed by atoms with van der Waals surface area (Å²) in [4.78, 5) is 4.60. The van der Waals surface area contributed by atoms with E-state index in [0.29, 0.717) is 16.8 Å². The van der Waals surface area contributed by atoms with Crippen LogP contribution in [0.2, 0.25) is 5.02 Å². The second-order valence-electron chi connectivity index (χ2n) is 8.46. The van der Waals surface area contributed by atoms with E-state index in [-0.39, 0.29) is 11.5 Å². The minimum absolute atomic E-state index is 0.125. The van der Waals surface area contributed by atoms with Gasteiger partial charge in [0.05, 0.1) is 19.4 Å². The van der Waals surface area contributed by atoms with Crippen molar-refractivity contribution >= 4 is 11.6 Å². The third-order valence-electron chi connectivity index (χ3n) is 5.35. The van der Waals surface area contributed by atoms with Crippen molar-refractivity contribution in [1.29, 1.82) is 0 Å². The summed E-state index contributed by atoms with van der Waals surface area (Å²) in [5, 5.41) is 0.513. The van der Waals surface area contributed by atoms with Gasteiger partial charge < -0.3 is 9.47 Å². The molecule has 1 aliphatic rings. The number of rotatable bonds is 6. The predicted octanol–water partition coefficient (Wildman–Crippen LogP) is 6.34. The van der Waals surface area contributed by atoms with Gasteiger partial charge in [0.2, 0.25) is 5.88 Å². The molecule has 3 rings (SSSR count). The van der Waals surface area contributed by atoms with Crippen LogP contribution in [0.1, 0.15) is 69.4 Å². The van der Waals surface area contributed by atoms with Gasteiger partial charge in [-0.2, -0.15) is 0 Å². The quantitative estimate of drug-likeness (QED) is 0.579. The molecule has 0 N–H and O–H groups in total. The molecule has 4 heteroatoms. The van der Waals surface area contributed by atoms with Gasteiger partial charge >= 0.3 is 0 Å². The molecule has 1 unspecified atom stereocenters. The van der Waals surface area contributed by atoms with Gasteiger partial charge in [-0.05, 0) is 47.4 Å². The molecule has 0 bridgehead atoms. The van der Waals surface area contributed by atoms with E-state index in [1.165, 1.54) is 31.2 Å². The van der Waals surface area contributed by atoms with Crippen LogP contribution in [0.15, 0.2) is 36.4 Å². The first-order valence-corrected chi connectivity index (χ1v) is 10.2. The lowest BCUT2D eigenvalue weighted by Gasteiger charge is -2.23. The molecular weight excluding hydrogens is 358 g/mol. The normalized spacial score (nSPS) is 16.5. The Labute approximate surface area is 168 Å². The summed E-state index contributed by atoms with van der Waals surface area (Å²) in [6.07, 6.45) is 4.92. The number of benzene rings is 1. The Morgan fingerprint density at radius 1 is 1.07 bits per heavy atom. The minimum Gasteiger partial charge on any atom is -0.480 e. The molecule has 0 amide bonds. The second kappa shape index (κ2) is 8.62. The molecule has 1 atom stereocenters. The highest BCUT2D eigenvalue weighted by Crippen LogP contribution is 2.33. The van der Waals surface area contributed by atoms with E-state index in [0.717, 1.165) is 17.9 Å². The molecule has 27 heavy (non-hydrogen) atoms. The Bertz CT molecular complexity index is 746. The lowest BCUT2D eigenvalue weighted by Crippen LogP contribution is -2.15. The first kappa shape index (κ1) is 20.2. The molecule has 3 nitrogen and oxygen atoms in total. The average molecular weight is 388 g/mol. The fourth-order valence-electron chi connectivity index (χ4n) is 3.65. The third kappa shape index (κ3) is 5.03. The summed E-state index contributed by atoms with van der Waals surface area (Å²) >= 11 is 6.17. The van der Waals surface area contributed by atoms with Crippen molar-refractivity contribution in [2.24, 2.45) is 5.92 Å². The zero-order valence-corrected chi connectivity index (χ0v) is 17.6. The van der Waals surface area contributed by atoms with Crippen molar-refractivity contribution in [3.8, 4) is 5.88 Å². The van der Waals surface area contributed by atoms with Crippen LogP contribution in [0.5, 0.6) is 5.88 Å². The molecule has 2 aromatic rings. The van der Waals surface area contributed by atoms with Gasteiger partial charge in [-0.3, -0.25) is 0 Å². The maximum absolute atomic E-state index is 6.40. The molecule has 0 spiro atoms. The van der Waals surface area contributed by atoms with Gasteiger partial charge in [0.15, 0.2) is 0 Å². The molecule has 1 aromatic heterocycles.